The number of hydrogen-bond acceptors (Lipinski definition) is 3. The molecule has 23 heavy (non-hydrogen) atoms. The number of aliphatic hydroxyl groups is 1. The average Bonchev–Trinajstić information content (AvgIpc) is 3.01. The molecule has 1 aromatic carbocycles. The van der Waals surface area contributed by atoms with Crippen LogP contribution in [-0.4, -0.2) is 46.3 Å². The number of carbonyl (C=O) groups excluding carboxylic acids is 1. The molecule has 4 atom stereocenters. The minimum Gasteiger partial charge on any atom is -0.481 e. The molecule has 2 unspecified atom stereocenters. The molecule has 1 aromatic rings. The molecule has 2 fully saturated rings. The second kappa shape index (κ2) is 4.95. The number of carbonyl (C=O) groups is 2. The van der Waals surface area contributed by atoms with E-state index in [2.05, 4.69) is 0 Å². The first-order chi connectivity index (χ1) is 10.7. The molecule has 2 aliphatic rings. The highest BCUT2D eigenvalue weighted by Crippen LogP contribution is 2.53. The summed E-state index contributed by atoms with van der Waals surface area (Å²) in [7, 11) is 0. The molecule has 5 nitrogen and oxygen atoms in total. The van der Waals surface area contributed by atoms with Crippen LogP contribution in [0.3, 0.4) is 0 Å². The first kappa shape index (κ1) is 15.8. The van der Waals surface area contributed by atoms with Gasteiger partial charge < -0.3 is 15.1 Å². The number of carboxylic acid groups (broad SMARTS) is 1. The van der Waals surface area contributed by atoms with E-state index < -0.39 is 35.1 Å². The number of rotatable bonds is 3. The van der Waals surface area contributed by atoms with Crippen molar-refractivity contribution in [2.24, 2.45) is 17.8 Å². The van der Waals surface area contributed by atoms with Gasteiger partial charge in [0.25, 0.3) is 11.5 Å². The number of likely N-dealkylation sites (tertiary alicyclic amines) is 1. The minimum absolute atomic E-state index is 0.0777. The van der Waals surface area contributed by atoms with Gasteiger partial charge in [0.05, 0.1) is 5.92 Å². The van der Waals surface area contributed by atoms with E-state index in [1.165, 1.54) is 18.2 Å². The normalized spacial score (nSPS) is 28.9. The lowest BCUT2D eigenvalue weighted by Crippen LogP contribution is -2.55. The van der Waals surface area contributed by atoms with Crippen LogP contribution in [0.2, 0.25) is 0 Å². The van der Waals surface area contributed by atoms with Crippen molar-refractivity contribution in [3.8, 4) is 0 Å². The van der Waals surface area contributed by atoms with Gasteiger partial charge in [0.2, 0.25) is 0 Å². The van der Waals surface area contributed by atoms with Crippen LogP contribution in [0.4, 0.5) is 13.2 Å². The Hall–Kier alpha value is -2.09. The molecule has 8 heteroatoms. The van der Waals surface area contributed by atoms with Gasteiger partial charge in [-0.15, -0.1) is 0 Å². The smallest absolute Gasteiger partial charge is 0.430 e. The molecule has 124 valence electrons. The van der Waals surface area contributed by atoms with Crippen LogP contribution in [0.1, 0.15) is 5.56 Å². The molecule has 3 rings (SSSR count). The molecule has 1 heterocycles. The Morgan fingerprint density at radius 2 is 1.61 bits per heavy atom. The van der Waals surface area contributed by atoms with Gasteiger partial charge in [-0.05, 0) is 11.8 Å². The van der Waals surface area contributed by atoms with Gasteiger partial charge in [-0.25, -0.2) is 0 Å². The molecule has 1 aliphatic carbocycles. The predicted molar refractivity (Wildman–Crippen MR) is 71.1 cm³/mol. The highest BCUT2D eigenvalue weighted by Gasteiger charge is 2.66. The van der Waals surface area contributed by atoms with Crippen LogP contribution in [0.5, 0.6) is 0 Å². The van der Waals surface area contributed by atoms with Crippen LogP contribution >= 0.6 is 0 Å². The van der Waals surface area contributed by atoms with Gasteiger partial charge in [0.15, 0.2) is 0 Å². The van der Waals surface area contributed by atoms with Gasteiger partial charge in [-0.3, -0.25) is 9.59 Å². The van der Waals surface area contributed by atoms with E-state index >= 15 is 0 Å². The van der Waals surface area contributed by atoms with E-state index in [9.17, 15) is 27.9 Å². The molecule has 1 amide bonds. The summed E-state index contributed by atoms with van der Waals surface area (Å²) >= 11 is 0. The third kappa shape index (κ3) is 2.28. The number of nitrogens with zero attached hydrogens (tertiary/aromatic N) is 1. The highest BCUT2D eigenvalue weighted by atomic mass is 19.4. The summed E-state index contributed by atoms with van der Waals surface area (Å²) in [5, 5.41) is 19.1. The molecule has 1 aliphatic heterocycles. The van der Waals surface area contributed by atoms with Crippen molar-refractivity contribution in [2.45, 2.75) is 11.8 Å². The van der Waals surface area contributed by atoms with Crippen molar-refractivity contribution >= 4 is 11.9 Å². The Balaban J connectivity index is 1.86. The van der Waals surface area contributed by atoms with Crippen molar-refractivity contribution < 1.29 is 33.0 Å². The molecule has 0 radical (unpaired) electrons. The maximum atomic E-state index is 13.4. The quantitative estimate of drug-likeness (QED) is 0.874. The first-order valence-corrected chi connectivity index (χ1v) is 7.04. The van der Waals surface area contributed by atoms with Gasteiger partial charge in [0, 0.05) is 18.7 Å². The number of aliphatic carboxylic acids is 1. The topological polar surface area (TPSA) is 77.8 Å². The van der Waals surface area contributed by atoms with Crippen molar-refractivity contribution in [2.75, 3.05) is 13.1 Å². The summed E-state index contributed by atoms with van der Waals surface area (Å²) in [6, 6.07) is 6.18. The van der Waals surface area contributed by atoms with E-state index in [0.29, 0.717) is 0 Å². The number of fused-ring (bicyclic) bond motifs is 1. The molecule has 0 aromatic heterocycles. The molecule has 1 saturated carbocycles. The minimum atomic E-state index is -5.18. The third-order valence-electron chi connectivity index (χ3n) is 4.68. The van der Waals surface area contributed by atoms with Crippen LogP contribution < -0.4 is 0 Å². The second-order valence-electron chi connectivity index (χ2n) is 5.98. The van der Waals surface area contributed by atoms with Gasteiger partial charge in [-0.1, -0.05) is 30.3 Å². The Morgan fingerprint density at radius 1 is 1.09 bits per heavy atom. The lowest BCUT2D eigenvalue weighted by molar-refractivity contribution is -0.261. The zero-order valence-corrected chi connectivity index (χ0v) is 11.8. The van der Waals surface area contributed by atoms with Crippen molar-refractivity contribution in [1.82, 2.24) is 4.90 Å². The van der Waals surface area contributed by atoms with Crippen molar-refractivity contribution in [3.63, 3.8) is 0 Å². The zero-order valence-electron chi connectivity index (χ0n) is 11.8. The monoisotopic (exact) mass is 329 g/mol. The fraction of sp³-hybridized carbons (Fsp3) is 0.467. The van der Waals surface area contributed by atoms with Gasteiger partial charge in [-0.2, -0.15) is 13.2 Å². The summed E-state index contributed by atoms with van der Waals surface area (Å²) in [4.78, 5) is 24.2. The summed E-state index contributed by atoms with van der Waals surface area (Å²) < 4.78 is 40.2. The van der Waals surface area contributed by atoms with Crippen LogP contribution in [0.15, 0.2) is 30.3 Å². The van der Waals surface area contributed by atoms with Crippen LogP contribution in [0.25, 0.3) is 0 Å². The third-order valence-corrected chi connectivity index (χ3v) is 4.68. The summed E-state index contributed by atoms with van der Waals surface area (Å²) in [5.74, 6) is -3.71. The standard InChI is InChI=1S/C15H14F3NO4/c16-15(17,18)14(23,8-4-2-1-3-5-8)13(22)19-6-9-10(7-19)11(9)12(20)21/h1-5,9-11,23H,6-7H2,(H,20,21)/t9-,10+,11?,14?. The predicted octanol–water partition coefficient (Wildman–Crippen LogP) is 1.23. The van der Waals surface area contributed by atoms with Gasteiger partial charge >= 0.3 is 12.1 Å². The maximum absolute atomic E-state index is 13.4. The number of alkyl halides is 3. The number of piperidine rings is 1. The lowest BCUT2D eigenvalue weighted by Gasteiger charge is -2.34. The average molecular weight is 329 g/mol. The SMILES string of the molecule is O=C(O)C1[C@H]2CN(C(=O)C(O)(c3ccccc3)C(F)(F)F)C[C@@H]12. The molecule has 0 bridgehead atoms. The summed E-state index contributed by atoms with van der Waals surface area (Å²) in [6.07, 6.45) is -5.18. The largest absolute Gasteiger partial charge is 0.481 e. The number of carboxylic acids is 1. The summed E-state index contributed by atoms with van der Waals surface area (Å²) in [6.45, 7) is -0.155. The van der Waals surface area contributed by atoms with E-state index in [0.717, 1.165) is 17.0 Å². The summed E-state index contributed by atoms with van der Waals surface area (Å²) in [5.41, 5.74) is -4.17. The number of hydrogen-bond donors (Lipinski definition) is 2. The molecule has 0 spiro atoms. The number of benzene rings is 1. The highest BCUT2D eigenvalue weighted by molar-refractivity contribution is 5.88. The van der Waals surface area contributed by atoms with Crippen molar-refractivity contribution in [1.29, 1.82) is 0 Å². The van der Waals surface area contributed by atoms with Crippen LogP contribution in [-0.2, 0) is 15.2 Å². The van der Waals surface area contributed by atoms with Gasteiger partial charge in [0.1, 0.15) is 0 Å². The maximum Gasteiger partial charge on any atom is 0.430 e. The van der Waals surface area contributed by atoms with Crippen molar-refractivity contribution in [3.05, 3.63) is 35.9 Å². The Labute approximate surface area is 129 Å². The lowest BCUT2D eigenvalue weighted by atomic mass is 9.91. The van der Waals surface area contributed by atoms with E-state index in [4.69, 9.17) is 5.11 Å². The fourth-order valence-corrected chi connectivity index (χ4v) is 3.38. The second-order valence-corrected chi connectivity index (χ2v) is 5.98. The number of amides is 1. The Bertz CT molecular complexity index is 636. The first-order valence-electron chi connectivity index (χ1n) is 7.04. The fourth-order valence-electron chi connectivity index (χ4n) is 3.38. The molecule has 1 saturated heterocycles. The zero-order chi connectivity index (χ0) is 17.0. The number of halogens is 3. The van der Waals surface area contributed by atoms with E-state index in [1.807, 2.05) is 0 Å². The van der Waals surface area contributed by atoms with Crippen LogP contribution in [0, 0.1) is 17.8 Å². The van der Waals surface area contributed by atoms with E-state index in [-0.39, 0.29) is 24.9 Å². The molecular weight excluding hydrogens is 315 g/mol. The van der Waals surface area contributed by atoms with E-state index in [1.54, 1.807) is 0 Å². The molecule has 2 N–H and O–H groups in total. The Kier molecular flexibility index (Phi) is 3.40. The Morgan fingerprint density at radius 3 is 2.04 bits per heavy atom. The molecular formula is C15H14F3NO4.